The van der Waals surface area contributed by atoms with Crippen molar-refractivity contribution in [2.24, 2.45) is 0 Å². The first-order valence-electron chi connectivity index (χ1n) is 8.89. The Balaban J connectivity index is 1.39. The molecule has 1 aromatic heterocycles. The number of carbonyl (C=O) groups excluding carboxylic acids is 1. The summed E-state index contributed by atoms with van der Waals surface area (Å²) in [6.45, 7) is 2.33. The van der Waals surface area contributed by atoms with E-state index in [4.69, 9.17) is 0 Å². The fourth-order valence-corrected chi connectivity index (χ4v) is 3.19. The van der Waals surface area contributed by atoms with Gasteiger partial charge in [0.2, 0.25) is 5.91 Å². The molecule has 2 heterocycles. The van der Waals surface area contributed by atoms with E-state index in [1.165, 1.54) is 12.1 Å². The van der Waals surface area contributed by atoms with E-state index in [0.717, 1.165) is 11.0 Å². The zero-order valence-electron chi connectivity index (χ0n) is 14.8. The number of amides is 1. The van der Waals surface area contributed by atoms with Gasteiger partial charge in [0.05, 0.1) is 28.6 Å². The topological polar surface area (TPSA) is 49.3 Å². The molecule has 136 valence electrons. The number of nitrogens with zero attached hydrogens (tertiary/aromatic N) is 4. The Labute approximate surface area is 156 Å². The molecule has 0 bridgehead atoms. The maximum atomic E-state index is 13.9. The first kappa shape index (κ1) is 17.1. The molecule has 1 aliphatic heterocycles. The minimum absolute atomic E-state index is 0.0712. The van der Waals surface area contributed by atoms with Crippen molar-refractivity contribution in [3.8, 4) is 0 Å². The van der Waals surface area contributed by atoms with E-state index < -0.39 is 0 Å². The van der Waals surface area contributed by atoms with Crippen molar-refractivity contribution in [1.29, 1.82) is 0 Å². The van der Waals surface area contributed by atoms with Crippen LogP contribution in [0.5, 0.6) is 0 Å². The monoisotopic (exact) mass is 362 g/mol. The van der Waals surface area contributed by atoms with E-state index in [2.05, 4.69) is 9.97 Å². The lowest BCUT2D eigenvalue weighted by Crippen LogP contribution is -2.48. The number of rotatable bonds is 3. The summed E-state index contributed by atoms with van der Waals surface area (Å²) in [6.07, 6.45) is 4.87. The van der Waals surface area contributed by atoms with Crippen LogP contribution in [0.2, 0.25) is 0 Å². The molecular weight excluding hydrogens is 343 g/mol. The Morgan fingerprint density at radius 1 is 0.963 bits per heavy atom. The summed E-state index contributed by atoms with van der Waals surface area (Å²) in [5, 5.41) is 0. The van der Waals surface area contributed by atoms with Gasteiger partial charge in [-0.3, -0.25) is 9.78 Å². The quantitative estimate of drug-likeness (QED) is 0.672. The molecule has 0 spiro atoms. The van der Waals surface area contributed by atoms with Crippen molar-refractivity contribution in [3.05, 3.63) is 72.3 Å². The molecule has 0 atom stereocenters. The van der Waals surface area contributed by atoms with Gasteiger partial charge in [0.25, 0.3) is 0 Å². The number of anilines is 1. The van der Waals surface area contributed by atoms with Crippen LogP contribution in [0.25, 0.3) is 17.1 Å². The zero-order chi connectivity index (χ0) is 18.6. The molecule has 6 heteroatoms. The number of hydrogen-bond donors (Lipinski definition) is 0. The van der Waals surface area contributed by atoms with Crippen molar-refractivity contribution in [2.75, 3.05) is 31.1 Å². The van der Waals surface area contributed by atoms with Crippen LogP contribution in [0, 0.1) is 5.82 Å². The Kier molecular flexibility index (Phi) is 4.78. The molecule has 27 heavy (non-hydrogen) atoms. The van der Waals surface area contributed by atoms with Gasteiger partial charge in [0.1, 0.15) is 5.82 Å². The number of hydrogen-bond acceptors (Lipinski definition) is 4. The third-order valence-electron chi connectivity index (χ3n) is 4.65. The van der Waals surface area contributed by atoms with E-state index in [1.807, 2.05) is 35.2 Å². The fourth-order valence-electron chi connectivity index (χ4n) is 3.19. The van der Waals surface area contributed by atoms with Crippen LogP contribution in [0.1, 0.15) is 5.69 Å². The highest BCUT2D eigenvalue weighted by molar-refractivity contribution is 5.92. The number of piperazine rings is 1. The van der Waals surface area contributed by atoms with E-state index >= 15 is 0 Å². The van der Waals surface area contributed by atoms with Crippen molar-refractivity contribution in [1.82, 2.24) is 14.9 Å². The predicted molar refractivity (Wildman–Crippen MR) is 104 cm³/mol. The molecule has 0 N–H and O–H groups in total. The summed E-state index contributed by atoms with van der Waals surface area (Å²) >= 11 is 0. The first-order chi connectivity index (χ1) is 13.2. The molecule has 0 saturated carbocycles. The minimum Gasteiger partial charge on any atom is -0.366 e. The van der Waals surface area contributed by atoms with Gasteiger partial charge in [0.15, 0.2) is 0 Å². The lowest BCUT2D eigenvalue weighted by atomic mass is 10.2. The molecule has 2 aromatic carbocycles. The number of aromatic nitrogens is 2. The third-order valence-corrected chi connectivity index (χ3v) is 4.65. The van der Waals surface area contributed by atoms with Gasteiger partial charge >= 0.3 is 0 Å². The molecule has 5 nitrogen and oxygen atoms in total. The molecule has 4 rings (SSSR count). The van der Waals surface area contributed by atoms with Gasteiger partial charge in [-0.2, -0.15) is 0 Å². The molecule has 0 unspecified atom stereocenters. The van der Waals surface area contributed by atoms with E-state index in [0.29, 0.717) is 37.6 Å². The lowest BCUT2D eigenvalue weighted by Gasteiger charge is -2.35. The Bertz CT molecular complexity index is 996. The van der Waals surface area contributed by atoms with Crippen molar-refractivity contribution in [3.63, 3.8) is 0 Å². The second-order valence-electron chi connectivity index (χ2n) is 6.38. The van der Waals surface area contributed by atoms with E-state index in [-0.39, 0.29) is 11.7 Å². The van der Waals surface area contributed by atoms with Crippen LogP contribution in [-0.4, -0.2) is 47.0 Å². The molecule has 1 amide bonds. The molecule has 0 radical (unpaired) electrons. The van der Waals surface area contributed by atoms with Crippen LogP contribution < -0.4 is 4.90 Å². The second-order valence-corrected chi connectivity index (χ2v) is 6.38. The number of carbonyl (C=O) groups is 1. The highest BCUT2D eigenvalue weighted by Crippen LogP contribution is 2.20. The predicted octanol–water partition coefficient (Wildman–Crippen LogP) is 3.13. The first-order valence-corrected chi connectivity index (χ1v) is 8.89. The van der Waals surface area contributed by atoms with Crippen LogP contribution >= 0.6 is 0 Å². The van der Waals surface area contributed by atoms with Gasteiger partial charge in [-0.15, -0.1) is 0 Å². The summed E-state index contributed by atoms with van der Waals surface area (Å²) in [5.41, 5.74) is 2.86. The average molecular weight is 362 g/mol. The van der Waals surface area contributed by atoms with E-state index in [1.54, 1.807) is 29.3 Å². The average Bonchev–Trinajstić information content (AvgIpc) is 2.72. The van der Waals surface area contributed by atoms with Gasteiger partial charge in [-0.05, 0) is 30.3 Å². The standard InChI is InChI=1S/C21H19FN4O/c22-17-5-1-4-8-20(17)25-11-13-26(14-12-25)21(27)10-9-16-15-23-18-6-2-3-7-19(18)24-16/h1-10,15H,11-14H2/b10-9+. The number of fused-ring (bicyclic) bond motifs is 1. The molecule has 1 fully saturated rings. The Morgan fingerprint density at radius 3 is 2.44 bits per heavy atom. The molecular formula is C21H19FN4O. The van der Waals surface area contributed by atoms with Crippen molar-refractivity contribution in [2.45, 2.75) is 0 Å². The molecule has 3 aromatic rings. The highest BCUT2D eigenvalue weighted by atomic mass is 19.1. The molecule has 1 aliphatic rings. The van der Waals surface area contributed by atoms with Crippen molar-refractivity contribution >= 4 is 28.7 Å². The van der Waals surface area contributed by atoms with Crippen LogP contribution in [0.15, 0.2) is 60.8 Å². The zero-order valence-corrected chi connectivity index (χ0v) is 14.8. The van der Waals surface area contributed by atoms with E-state index in [9.17, 15) is 9.18 Å². The summed E-state index contributed by atoms with van der Waals surface area (Å²) in [5.74, 6) is -0.301. The van der Waals surface area contributed by atoms with Gasteiger partial charge < -0.3 is 9.80 Å². The van der Waals surface area contributed by atoms with Gasteiger partial charge in [-0.1, -0.05) is 24.3 Å². The van der Waals surface area contributed by atoms with Crippen molar-refractivity contribution < 1.29 is 9.18 Å². The normalized spacial score (nSPS) is 14.9. The maximum Gasteiger partial charge on any atom is 0.246 e. The van der Waals surface area contributed by atoms with Gasteiger partial charge in [-0.25, -0.2) is 9.37 Å². The summed E-state index contributed by atoms with van der Waals surface area (Å²) in [6, 6.07) is 14.3. The molecule has 0 aliphatic carbocycles. The lowest BCUT2D eigenvalue weighted by molar-refractivity contribution is -0.126. The summed E-state index contributed by atoms with van der Waals surface area (Å²) in [4.78, 5) is 25.0. The van der Waals surface area contributed by atoms with Crippen LogP contribution in [-0.2, 0) is 4.79 Å². The summed E-state index contributed by atoms with van der Waals surface area (Å²) < 4.78 is 13.9. The largest absolute Gasteiger partial charge is 0.366 e. The number of para-hydroxylation sites is 3. The Morgan fingerprint density at radius 2 is 1.67 bits per heavy atom. The highest BCUT2D eigenvalue weighted by Gasteiger charge is 2.21. The molecule has 1 saturated heterocycles. The minimum atomic E-state index is -0.230. The maximum absolute atomic E-state index is 13.9. The number of halogens is 1. The van der Waals surface area contributed by atoms with Crippen LogP contribution in [0.4, 0.5) is 10.1 Å². The third kappa shape index (κ3) is 3.79. The second kappa shape index (κ2) is 7.53. The Hall–Kier alpha value is -3.28. The van der Waals surface area contributed by atoms with Gasteiger partial charge in [0, 0.05) is 32.3 Å². The smallest absolute Gasteiger partial charge is 0.246 e. The SMILES string of the molecule is O=C(/C=C/c1cnc2ccccc2n1)N1CCN(c2ccccc2F)CC1. The summed E-state index contributed by atoms with van der Waals surface area (Å²) in [7, 11) is 0. The van der Waals surface area contributed by atoms with Crippen LogP contribution in [0.3, 0.4) is 0 Å². The number of benzene rings is 2. The fraction of sp³-hybridized carbons (Fsp3) is 0.190.